The molecule has 0 aliphatic heterocycles. The van der Waals surface area contributed by atoms with E-state index in [2.05, 4.69) is 48.7 Å². The fraction of sp³-hybridized carbons (Fsp3) is 0.464. The molecule has 0 saturated heterocycles. The van der Waals surface area contributed by atoms with Crippen LogP contribution in [0, 0.1) is 5.92 Å². The van der Waals surface area contributed by atoms with Gasteiger partial charge in [-0.25, -0.2) is 4.79 Å². The Balaban J connectivity index is 1.54. The van der Waals surface area contributed by atoms with Gasteiger partial charge < -0.3 is 20.5 Å². The molecule has 0 radical (unpaired) electrons. The fourth-order valence-electron chi connectivity index (χ4n) is 4.46. The first-order valence-corrected chi connectivity index (χ1v) is 12.5. The van der Waals surface area contributed by atoms with Crippen molar-refractivity contribution in [2.75, 3.05) is 13.2 Å². The molecule has 1 aliphatic carbocycles. The highest BCUT2D eigenvalue weighted by molar-refractivity contribution is 5.85. The summed E-state index contributed by atoms with van der Waals surface area (Å²) < 4.78 is 5.62. The third kappa shape index (κ3) is 7.57. The number of benzene rings is 2. The molecule has 3 N–H and O–H groups in total. The van der Waals surface area contributed by atoms with Crippen molar-refractivity contribution < 1.29 is 24.2 Å². The van der Waals surface area contributed by atoms with Crippen LogP contribution in [0.3, 0.4) is 0 Å². The first-order valence-electron chi connectivity index (χ1n) is 12.5. The molecule has 1 atom stereocenters. The number of aliphatic carboxylic acids is 1. The molecule has 0 saturated carbocycles. The highest BCUT2D eigenvalue weighted by atomic mass is 16.5. The molecule has 2 amide bonds. The lowest BCUT2D eigenvalue weighted by Gasteiger charge is -2.20. The zero-order valence-electron chi connectivity index (χ0n) is 20.6. The van der Waals surface area contributed by atoms with Crippen LogP contribution in [-0.2, 0) is 14.3 Å². The van der Waals surface area contributed by atoms with Gasteiger partial charge in [-0.05, 0) is 53.9 Å². The number of carboxylic acid groups (broad SMARTS) is 1. The van der Waals surface area contributed by atoms with Gasteiger partial charge in [-0.1, -0.05) is 68.8 Å². The molecule has 0 fully saturated rings. The first-order chi connectivity index (χ1) is 16.9. The predicted molar refractivity (Wildman–Crippen MR) is 135 cm³/mol. The van der Waals surface area contributed by atoms with E-state index < -0.39 is 18.1 Å². The van der Waals surface area contributed by atoms with E-state index >= 15 is 0 Å². The minimum atomic E-state index is -0.810. The first kappa shape index (κ1) is 26.3. The summed E-state index contributed by atoms with van der Waals surface area (Å²) in [6.45, 7) is 4.79. The van der Waals surface area contributed by atoms with Crippen LogP contribution in [0.4, 0.5) is 4.79 Å². The van der Waals surface area contributed by atoms with Crippen LogP contribution in [-0.4, -0.2) is 42.3 Å². The second-order valence-electron chi connectivity index (χ2n) is 9.49. The van der Waals surface area contributed by atoms with Crippen molar-refractivity contribution in [2.45, 2.75) is 64.3 Å². The second-order valence-corrected chi connectivity index (χ2v) is 9.49. The lowest BCUT2D eigenvalue weighted by molar-refractivity contribution is -0.137. The number of carbonyl (C=O) groups excluding carboxylic acids is 2. The molecule has 0 spiro atoms. The summed E-state index contributed by atoms with van der Waals surface area (Å²) in [4.78, 5) is 36.0. The Labute approximate surface area is 207 Å². The van der Waals surface area contributed by atoms with Gasteiger partial charge in [0, 0.05) is 18.9 Å². The number of unbranched alkanes of at least 4 members (excludes halogenated alkanes) is 2. The van der Waals surface area contributed by atoms with Gasteiger partial charge in [0.15, 0.2) is 0 Å². The highest BCUT2D eigenvalue weighted by Gasteiger charge is 2.29. The minimum Gasteiger partial charge on any atom is -0.481 e. The predicted octanol–water partition coefficient (Wildman–Crippen LogP) is 5.09. The van der Waals surface area contributed by atoms with Gasteiger partial charge in [0.05, 0.1) is 0 Å². The maximum absolute atomic E-state index is 12.7. The van der Waals surface area contributed by atoms with Crippen molar-refractivity contribution in [3.63, 3.8) is 0 Å². The Bertz CT molecular complexity index is 974. The number of carboxylic acids is 1. The topological polar surface area (TPSA) is 105 Å². The molecule has 0 bridgehead atoms. The molecule has 1 unspecified atom stereocenters. The Morgan fingerprint density at radius 3 is 2.14 bits per heavy atom. The number of hydrogen-bond acceptors (Lipinski definition) is 4. The van der Waals surface area contributed by atoms with Crippen LogP contribution < -0.4 is 10.6 Å². The van der Waals surface area contributed by atoms with Crippen molar-refractivity contribution in [3.05, 3.63) is 59.7 Å². The standard InChI is InChI=1S/C28H36N2O5/c1-19(2)15-16-25(27(33)29-17-9-3-4-14-26(31)32)30-28(34)35-18-24-22-12-7-5-10-20(22)21-11-6-8-13-23(21)24/h5-8,10-13,19,24-25H,3-4,9,14-18H2,1-2H3,(H,29,33)(H,30,34)(H,31,32). The summed E-state index contributed by atoms with van der Waals surface area (Å²) in [5.41, 5.74) is 4.60. The minimum absolute atomic E-state index is 0.0399. The van der Waals surface area contributed by atoms with E-state index in [1.165, 1.54) is 0 Å². The van der Waals surface area contributed by atoms with Crippen LogP contribution in [0.25, 0.3) is 11.1 Å². The van der Waals surface area contributed by atoms with Crippen molar-refractivity contribution in [1.82, 2.24) is 10.6 Å². The Hall–Kier alpha value is -3.35. The van der Waals surface area contributed by atoms with Gasteiger partial charge >= 0.3 is 12.1 Å². The quantitative estimate of drug-likeness (QED) is 0.346. The monoisotopic (exact) mass is 480 g/mol. The van der Waals surface area contributed by atoms with Crippen LogP contribution in [0.15, 0.2) is 48.5 Å². The molecule has 3 rings (SSSR count). The Morgan fingerprint density at radius 1 is 0.914 bits per heavy atom. The molecule has 2 aromatic carbocycles. The average molecular weight is 481 g/mol. The van der Waals surface area contributed by atoms with Crippen LogP contribution in [0.5, 0.6) is 0 Å². The maximum atomic E-state index is 12.7. The zero-order chi connectivity index (χ0) is 25.2. The van der Waals surface area contributed by atoms with Gasteiger partial charge in [-0.15, -0.1) is 0 Å². The van der Waals surface area contributed by atoms with E-state index in [0.29, 0.717) is 31.7 Å². The van der Waals surface area contributed by atoms with Crippen molar-refractivity contribution in [3.8, 4) is 11.1 Å². The molecule has 1 aliphatic rings. The molecule has 2 aromatic rings. The summed E-state index contributed by atoms with van der Waals surface area (Å²) in [5.74, 6) is -0.694. The highest BCUT2D eigenvalue weighted by Crippen LogP contribution is 2.44. The van der Waals surface area contributed by atoms with Crippen molar-refractivity contribution >= 4 is 18.0 Å². The zero-order valence-corrected chi connectivity index (χ0v) is 20.6. The van der Waals surface area contributed by atoms with E-state index in [0.717, 1.165) is 35.1 Å². The van der Waals surface area contributed by atoms with E-state index in [-0.39, 0.29) is 24.9 Å². The number of amides is 2. The van der Waals surface area contributed by atoms with Gasteiger partial charge in [-0.3, -0.25) is 9.59 Å². The van der Waals surface area contributed by atoms with Crippen molar-refractivity contribution in [1.29, 1.82) is 0 Å². The smallest absolute Gasteiger partial charge is 0.407 e. The van der Waals surface area contributed by atoms with Crippen molar-refractivity contribution in [2.24, 2.45) is 5.92 Å². The molecular weight excluding hydrogens is 444 g/mol. The summed E-state index contributed by atoms with van der Waals surface area (Å²) >= 11 is 0. The number of ether oxygens (including phenoxy) is 1. The molecule has 7 nitrogen and oxygen atoms in total. The van der Waals surface area contributed by atoms with E-state index in [1.807, 2.05) is 24.3 Å². The van der Waals surface area contributed by atoms with E-state index in [4.69, 9.17) is 9.84 Å². The molecule has 7 heteroatoms. The number of carbonyl (C=O) groups is 3. The Kier molecular flexibility index (Phi) is 9.70. The average Bonchev–Trinajstić information content (AvgIpc) is 3.16. The van der Waals surface area contributed by atoms with Gasteiger partial charge in [-0.2, -0.15) is 0 Å². The van der Waals surface area contributed by atoms with E-state index in [9.17, 15) is 14.4 Å². The number of nitrogens with one attached hydrogen (secondary N) is 2. The summed E-state index contributed by atoms with van der Waals surface area (Å²) in [5, 5.41) is 14.3. The number of rotatable bonds is 13. The summed E-state index contributed by atoms with van der Waals surface area (Å²) in [6.07, 6.45) is 2.85. The number of hydrogen-bond donors (Lipinski definition) is 3. The normalized spacial score (nSPS) is 13.1. The maximum Gasteiger partial charge on any atom is 0.407 e. The molecule has 35 heavy (non-hydrogen) atoms. The van der Waals surface area contributed by atoms with Gasteiger partial charge in [0.25, 0.3) is 0 Å². The van der Waals surface area contributed by atoms with Crippen LogP contribution in [0.1, 0.15) is 69.4 Å². The molecule has 188 valence electrons. The lowest BCUT2D eigenvalue weighted by atomic mass is 9.98. The molecular formula is C28H36N2O5. The summed E-state index contributed by atoms with van der Waals surface area (Å²) in [6, 6.07) is 15.6. The van der Waals surface area contributed by atoms with Gasteiger partial charge in [0.2, 0.25) is 5.91 Å². The third-order valence-corrected chi connectivity index (χ3v) is 6.35. The number of alkyl carbamates (subject to hydrolysis) is 1. The third-order valence-electron chi connectivity index (χ3n) is 6.35. The molecule has 0 aromatic heterocycles. The SMILES string of the molecule is CC(C)CCC(NC(=O)OCC1c2ccccc2-c2ccccc21)C(=O)NCCCCCC(=O)O. The lowest BCUT2D eigenvalue weighted by Crippen LogP contribution is -2.47. The Morgan fingerprint density at radius 2 is 1.54 bits per heavy atom. The van der Waals surface area contributed by atoms with Crippen LogP contribution in [0.2, 0.25) is 0 Å². The largest absolute Gasteiger partial charge is 0.481 e. The van der Waals surface area contributed by atoms with E-state index in [1.54, 1.807) is 0 Å². The fourth-order valence-corrected chi connectivity index (χ4v) is 4.46. The van der Waals surface area contributed by atoms with Crippen LogP contribution >= 0.6 is 0 Å². The number of fused-ring (bicyclic) bond motifs is 3. The second kappa shape index (κ2) is 12.9. The van der Waals surface area contributed by atoms with Gasteiger partial charge in [0.1, 0.15) is 12.6 Å². The molecule has 0 heterocycles. The summed E-state index contributed by atoms with van der Waals surface area (Å²) in [7, 11) is 0.